The number of hydrogen-bond donors (Lipinski definition) is 1. The van der Waals surface area contributed by atoms with Crippen molar-refractivity contribution < 1.29 is 4.79 Å². The Morgan fingerprint density at radius 3 is 2.48 bits per heavy atom. The van der Waals surface area contributed by atoms with Crippen LogP contribution in [-0.2, 0) is 0 Å². The topological polar surface area (TPSA) is 48.5 Å². The summed E-state index contributed by atoms with van der Waals surface area (Å²) in [6.07, 6.45) is 4.31. The first-order valence-electron chi connectivity index (χ1n) is 10.2. The first-order chi connectivity index (χ1) is 12.9. The normalized spacial score (nSPS) is 21.2. The van der Waals surface area contributed by atoms with Gasteiger partial charge < -0.3 is 10.2 Å². The minimum Gasteiger partial charge on any atom is -0.368 e. The number of allylic oxidation sites excluding steroid dienone is 1. The van der Waals surface area contributed by atoms with Gasteiger partial charge in [0.05, 0.1) is 11.9 Å². The molecule has 1 atom stereocenters. The molecule has 148 valence electrons. The number of carbonyl (C=O) groups is 1. The third-order valence-electron chi connectivity index (χ3n) is 6.66. The van der Waals surface area contributed by atoms with E-state index in [9.17, 15) is 4.79 Å². The number of carbonyl (C=O) groups excluding carboxylic acids is 1. The van der Waals surface area contributed by atoms with Crippen molar-refractivity contribution in [2.45, 2.75) is 40.5 Å². The van der Waals surface area contributed by atoms with E-state index in [0.717, 1.165) is 37.8 Å². The number of pyridine rings is 1. The number of aromatic nitrogens is 1. The van der Waals surface area contributed by atoms with Crippen LogP contribution in [0.2, 0.25) is 0 Å². The molecule has 1 aromatic rings. The van der Waals surface area contributed by atoms with E-state index in [0.29, 0.717) is 11.1 Å². The van der Waals surface area contributed by atoms with Crippen molar-refractivity contribution in [1.29, 1.82) is 0 Å². The summed E-state index contributed by atoms with van der Waals surface area (Å²) in [5.74, 6) is 0.604. The maximum atomic E-state index is 11.6. The lowest BCUT2D eigenvalue weighted by Gasteiger charge is -2.44. The molecule has 5 heteroatoms. The van der Waals surface area contributed by atoms with Gasteiger partial charge in [0.1, 0.15) is 5.69 Å². The molecule has 0 aromatic carbocycles. The number of nitrogens with one attached hydrogen (secondary N) is 1. The summed E-state index contributed by atoms with van der Waals surface area (Å²) in [5.41, 5.74) is 5.27. The molecule has 1 saturated heterocycles. The number of rotatable bonds is 6. The molecule has 1 N–H and O–H groups in total. The summed E-state index contributed by atoms with van der Waals surface area (Å²) < 4.78 is 0. The van der Waals surface area contributed by atoms with E-state index in [1.54, 1.807) is 24.3 Å². The van der Waals surface area contributed by atoms with Gasteiger partial charge in [0.2, 0.25) is 0 Å². The molecule has 0 radical (unpaired) electrons. The molecule has 1 aromatic heterocycles. The largest absolute Gasteiger partial charge is 0.368 e. The highest BCUT2D eigenvalue weighted by molar-refractivity contribution is 5.92. The Hall–Kier alpha value is -1.88. The van der Waals surface area contributed by atoms with Gasteiger partial charge in [0.25, 0.3) is 5.91 Å². The number of amides is 1. The van der Waals surface area contributed by atoms with Crippen LogP contribution in [0.25, 0.3) is 0 Å². The zero-order valence-electron chi connectivity index (χ0n) is 17.5. The summed E-state index contributed by atoms with van der Waals surface area (Å²) in [6.45, 7) is 14.8. The Kier molecular flexibility index (Phi) is 5.89. The highest BCUT2D eigenvalue weighted by Crippen LogP contribution is 2.46. The Morgan fingerprint density at radius 2 is 1.96 bits per heavy atom. The van der Waals surface area contributed by atoms with Crippen LogP contribution in [0.15, 0.2) is 29.5 Å². The van der Waals surface area contributed by atoms with E-state index in [-0.39, 0.29) is 5.91 Å². The van der Waals surface area contributed by atoms with Crippen molar-refractivity contribution in [2.75, 3.05) is 44.7 Å². The highest BCUT2D eigenvalue weighted by Gasteiger charge is 2.35. The van der Waals surface area contributed by atoms with Gasteiger partial charge in [-0.3, -0.25) is 9.69 Å². The molecule has 3 rings (SSSR count). The predicted octanol–water partition coefficient (Wildman–Crippen LogP) is 3.34. The molecular weight excluding hydrogens is 336 g/mol. The summed E-state index contributed by atoms with van der Waals surface area (Å²) in [5, 5.41) is 2.61. The van der Waals surface area contributed by atoms with Gasteiger partial charge >= 0.3 is 0 Å². The third kappa shape index (κ3) is 4.18. The van der Waals surface area contributed by atoms with E-state index in [2.05, 4.69) is 47.8 Å². The molecule has 1 unspecified atom stereocenters. The fraction of sp³-hybridized carbons (Fsp3) is 0.636. The second kappa shape index (κ2) is 8.01. The molecule has 2 aliphatic rings. The van der Waals surface area contributed by atoms with Gasteiger partial charge in [-0.25, -0.2) is 4.98 Å². The lowest BCUT2D eigenvalue weighted by molar-refractivity contribution is 0.0958. The molecule has 5 nitrogen and oxygen atoms in total. The van der Waals surface area contributed by atoms with Gasteiger partial charge in [-0.15, -0.1) is 0 Å². The highest BCUT2D eigenvalue weighted by atomic mass is 16.1. The van der Waals surface area contributed by atoms with Crippen molar-refractivity contribution in [3.8, 4) is 0 Å². The van der Waals surface area contributed by atoms with Crippen LogP contribution in [0.1, 0.15) is 51.0 Å². The monoisotopic (exact) mass is 370 g/mol. The predicted molar refractivity (Wildman–Crippen MR) is 111 cm³/mol. The molecule has 0 saturated carbocycles. The van der Waals surface area contributed by atoms with Gasteiger partial charge in [-0.1, -0.05) is 31.9 Å². The SMILES string of the molecule is CCC(C)(C)C1=C(C)C(CN2CCN(c3ccc(C(=O)NC)nc3)CC2)C1. The molecule has 1 fully saturated rings. The van der Waals surface area contributed by atoms with E-state index in [4.69, 9.17) is 0 Å². The Bertz CT molecular complexity index is 700. The summed E-state index contributed by atoms with van der Waals surface area (Å²) in [6, 6.07) is 3.81. The first-order valence-corrected chi connectivity index (χ1v) is 10.2. The van der Waals surface area contributed by atoms with E-state index < -0.39 is 0 Å². The fourth-order valence-corrected chi connectivity index (χ4v) is 4.24. The molecule has 2 heterocycles. The van der Waals surface area contributed by atoms with Crippen LogP contribution < -0.4 is 10.2 Å². The molecule has 27 heavy (non-hydrogen) atoms. The second-order valence-electron chi connectivity index (χ2n) is 8.57. The first kappa shape index (κ1) is 19.9. The van der Waals surface area contributed by atoms with Crippen molar-refractivity contribution in [3.05, 3.63) is 35.2 Å². The van der Waals surface area contributed by atoms with Crippen LogP contribution in [0.3, 0.4) is 0 Å². The lowest BCUT2D eigenvalue weighted by Crippen LogP contribution is -2.49. The number of anilines is 1. The Balaban J connectivity index is 1.51. The maximum absolute atomic E-state index is 11.6. The minimum atomic E-state index is -0.138. The van der Waals surface area contributed by atoms with Crippen LogP contribution in [0.4, 0.5) is 5.69 Å². The minimum absolute atomic E-state index is 0.138. The van der Waals surface area contributed by atoms with Crippen LogP contribution >= 0.6 is 0 Å². The van der Waals surface area contributed by atoms with Gasteiger partial charge in [0.15, 0.2) is 0 Å². The number of piperazine rings is 1. The molecule has 1 amide bonds. The van der Waals surface area contributed by atoms with Crippen LogP contribution in [0.5, 0.6) is 0 Å². The van der Waals surface area contributed by atoms with E-state index in [1.807, 2.05) is 12.3 Å². The molecule has 0 spiro atoms. The van der Waals surface area contributed by atoms with Crippen molar-refractivity contribution >= 4 is 11.6 Å². The Labute approximate surface area is 163 Å². The summed E-state index contributed by atoms with van der Waals surface area (Å²) in [7, 11) is 1.63. The van der Waals surface area contributed by atoms with Gasteiger partial charge in [0, 0.05) is 39.8 Å². The maximum Gasteiger partial charge on any atom is 0.269 e. The zero-order chi connectivity index (χ0) is 19.6. The third-order valence-corrected chi connectivity index (χ3v) is 6.66. The average molecular weight is 371 g/mol. The van der Waals surface area contributed by atoms with Crippen LogP contribution in [0, 0.1) is 11.3 Å². The van der Waals surface area contributed by atoms with Crippen molar-refractivity contribution in [3.63, 3.8) is 0 Å². The fourth-order valence-electron chi connectivity index (χ4n) is 4.24. The molecule has 0 bridgehead atoms. The number of nitrogens with zero attached hydrogens (tertiary/aromatic N) is 3. The summed E-state index contributed by atoms with van der Waals surface area (Å²) in [4.78, 5) is 20.9. The average Bonchev–Trinajstić information content (AvgIpc) is 2.70. The van der Waals surface area contributed by atoms with E-state index >= 15 is 0 Å². The lowest BCUT2D eigenvalue weighted by atomic mass is 9.65. The molecule has 1 aliphatic carbocycles. The van der Waals surface area contributed by atoms with E-state index in [1.165, 1.54) is 19.4 Å². The summed E-state index contributed by atoms with van der Waals surface area (Å²) >= 11 is 0. The number of hydrogen-bond acceptors (Lipinski definition) is 4. The Morgan fingerprint density at radius 1 is 1.26 bits per heavy atom. The quantitative estimate of drug-likeness (QED) is 0.781. The van der Waals surface area contributed by atoms with Gasteiger partial charge in [-0.2, -0.15) is 0 Å². The van der Waals surface area contributed by atoms with Crippen molar-refractivity contribution in [2.24, 2.45) is 11.3 Å². The zero-order valence-corrected chi connectivity index (χ0v) is 17.5. The van der Waals surface area contributed by atoms with Crippen molar-refractivity contribution in [1.82, 2.24) is 15.2 Å². The molecular formula is C22H34N4O. The standard InChI is InChI=1S/C22H34N4O/c1-6-22(3,4)19-13-17(16(19)2)15-25-9-11-26(12-10-25)18-7-8-20(24-14-18)21(27)23-5/h7-8,14,17H,6,9-13,15H2,1-5H3,(H,23,27). The smallest absolute Gasteiger partial charge is 0.269 e. The van der Waals surface area contributed by atoms with Gasteiger partial charge in [-0.05, 0) is 43.2 Å². The molecule has 1 aliphatic heterocycles. The van der Waals surface area contributed by atoms with Crippen LogP contribution in [-0.4, -0.2) is 55.6 Å². The second-order valence-corrected chi connectivity index (χ2v) is 8.57.